The van der Waals surface area contributed by atoms with E-state index in [1.165, 1.54) is 0 Å². The summed E-state index contributed by atoms with van der Waals surface area (Å²) in [6.45, 7) is 6.51. The summed E-state index contributed by atoms with van der Waals surface area (Å²) in [6.07, 6.45) is 0.944. The summed E-state index contributed by atoms with van der Waals surface area (Å²) in [5.74, 6) is 0.198. The van der Waals surface area contributed by atoms with Gasteiger partial charge in [0.25, 0.3) is 0 Å². The number of aromatic nitrogens is 2. The van der Waals surface area contributed by atoms with E-state index in [1.807, 2.05) is 26.8 Å². The fraction of sp³-hybridized carbons (Fsp3) is 0.438. The largest absolute Gasteiger partial charge is 0.474 e. The third-order valence-electron chi connectivity index (χ3n) is 2.96. The Morgan fingerprint density at radius 1 is 1.45 bits per heavy atom. The van der Waals surface area contributed by atoms with E-state index in [0.717, 1.165) is 5.39 Å². The molecule has 0 aliphatic carbocycles. The van der Waals surface area contributed by atoms with Crippen LogP contribution in [0.1, 0.15) is 26.3 Å². The number of aliphatic hydroxyl groups excluding tert-OH is 1. The Labute approximate surface area is 129 Å². The summed E-state index contributed by atoms with van der Waals surface area (Å²) in [6, 6.07) is 7.36. The van der Waals surface area contributed by atoms with Gasteiger partial charge in [-0.25, -0.2) is 4.98 Å². The zero-order valence-corrected chi connectivity index (χ0v) is 13.0. The van der Waals surface area contributed by atoms with Gasteiger partial charge < -0.3 is 15.2 Å². The summed E-state index contributed by atoms with van der Waals surface area (Å²) in [7, 11) is 0. The lowest BCUT2D eigenvalue weighted by atomic mass is 10.1. The highest BCUT2D eigenvalue weighted by Crippen LogP contribution is 2.20. The number of fused-ring (bicyclic) bond motifs is 1. The molecule has 2 aromatic heterocycles. The van der Waals surface area contributed by atoms with Crippen molar-refractivity contribution in [3.63, 3.8) is 0 Å². The number of hydrogen-bond acceptors (Lipinski definition) is 6. The normalized spacial score (nSPS) is 12.9. The Balaban J connectivity index is 2.06. The molecular weight excluding hydrogens is 280 g/mol. The fourth-order valence-electron chi connectivity index (χ4n) is 1.84. The molecule has 1 atom stereocenters. The van der Waals surface area contributed by atoms with Crippen LogP contribution in [0.5, 0.6) is 5.88 Å². The van der Waals surface area contributed by atoms with Crippen LogP contribution >= 0.6 is 0 Å². The van der Waals surface area contributed by atoms with Gasteiger partial charge in [-0.1, -0.05) is 0 Å². The van der Waals surface area contributed by atoms with Crippen molar-refractivity contribution in [1.29, 1.82) is 5.26 Å². The number of nitrogens with one attached hydrogen (secondary N) is 1. The van der Waals surface area contributed by atoms with E-state index < -0.39 is 6.10 Å². The van der Waals surface area contributed by atoms with Gasteiger partial charge in [-0.2, -0.15) is 10.2 Å². The molecule has 116 valence electrons. The van der Waals surface area contributed by atoms with Gasteiger partial charge in [0.05, 0.1) is 0 Å². The number of nitrogens with zero attached hydrogens (tertiary/aromatic N) is 3. The summed E-state index contributed by atoms with van der Waals surface area (Å²) < 4.78 is 5.50. The lowest BCUT2D eigenvalue weighted by molar-refractivity contribution is 0.0977. The van der Waals surface area contributed by atoms with Crippen LogP contribution in [-0.4, -0.2) is 39.9 Å². The highest BCUT2D eigenvalue weighted by atomic mass is 16.5. The smallest absolute Gasteiger partial charge is 0.233 e. The molecular formula is C16H20N4O2. The van der Waals surface area contributed by atoms with E-state index in [9.17, 15) is 10.4 Å². The molecule has 2 N–H and O–H groups in total. The molecule has 0 aromatic carbocycles. The minimum atomic E-state index is -0.688. The van der Waals surface area contributed by atoms with Gasteiger partial charge in [-0.05, 0) is 39.0 Å². The van der Waals surface area contributed by atoms with E-state index >= 15 is 0 Å². The Morgan fingerprint density at radius 2 is 2.23 bits per heavy atom. The number of pyridine rings is 2. The van der Waals surface area contributed by atoms with Crippen molar-refractivity contribution < 1.29 is 9.84 Å². The summed E-state index contributed by atoms with van der Waals surface area (Å²) in [4.78, 5) is 8.38. The van der Waals surface area contributed by atoms with Gasteiger partial charge in [-0.15, -0.1) is 0 Å². The molecule has 0 aliphatic heterocycles. The summed E-state index contributed by atoms with van der Waals surface area (Å²) in [5, 5.41) is 23.1. The number of rotatable bonds is 5. The topological polar surface area (TPSA) is 91.1 Å². The van der Waals surface area contributed by atoms with Crippen LogP contribution in [0, 0.1) is 11.3 Å². The first-order valence-corrected chi connectivity index (χ1v) is 7.11. The monoisotopic (exact) mass is 300 g/mol. The molecule has 6 nitrogen and oxygen atoms in total. The number of nitriles is 1. The van der Waals surface area contributed by atoms with E-state index in [0.29, 0.717) is 17.8 Å². The first-order chi connectivity index (χ1) is 10.4. The fourth-order valence-corrected chi connectivity index (χ4v) is 1.84. The molecule has 0 bridgehead atoms. The average molecular weight is 300 g/mol. The summed E-state index contributed by atoms with van der Waals surface area (Å²) >= 11 is 0. The van der Waals surface area contributed by atoms with Crippen molar-refractivity contribution in [3.8, 4) is 11.9 Å². The van der Waals surface area contributed by atoms with Crippen LogP contribution in [0.2, 0.25) is 0 Å². The number of ether oxygens (including phenoxy) is 1. The van der Waals surface area contributed by atoms with Gasteiger partial charge in [0.1, 0.15) is 24.3 Å². The maximum atomic E-state index is 9.94. The average Bonchev–Trinajstić information content (AvgIpc) is 2.49. The van der Waals surface area contributed by atoms with Gasteiger partial charge in [0, 0.05) is 23.7 Å². The van der Waals surface area contributed by atoms with Crippen LogP contribution in [0.3, 0.4) is 0 Å². The highest BCUT2D eigenvalue weighted by molar-refractivity contribution is 5.77. The Hall–Kier alpha value is -2.23. The second kappa shape index (κ2) is 6.69. The zero-order chi connectivity index (χ0) is 16.2. The third-order valence-corrected chi connectivity index (χ3v) is 2.96. The van der Waals surface area contributed by atoms with Crippen LogP contribution in [0.4, 0.5) is 0 Å². The molecule has 0 spiro atoms. The first-order valence-electron chi connectivity index (χ1n) is 7.11. The van der Waals surface area contributed by atoms with E-state index in [2.05, 4.69) is 21.4 Å². The standard InChI is InChI=1S/C16H20N4O2/c1-16(2,3)19-9-13(21)10-22-15-12(8-17)7-11-5-4-6-18-14(11)20-15/h4-7,13,19,21H,9-10H2,1-3H3/t13-/m0/s1. The maximum Gasteiger partial charge on any atom is 0.233 e. The van der Waals surface area contributed by atoms with Crippen LogP contribution in [0.25, 0.3) is 11.0 Å². The predicted octanol–water partition coefficient (Wildman–Crippen LogP) is 1.63. The van der Waals surface area contributed by atoms with Crippen molar-refractivity contribution in [2.45, 2.75) is 32.4 Å². The molecule has 0 unspecified atom stereocenters. The lowest BCUT2D eigenvalue weighted by Crippen LogP contribution is -2.42. The van der Waals surface area contributed by atoms with Crippen LogP contribution < -0.4 is 10.1 Å². The molecule has 0 saturated carbocycles. The molecule has 0 radical (unpaired) electrons. The molecule has 0 fully saturated rings. The predicted molar refractivity (Wildman–Crippen MR) is 83.5 cm³/mol. The molecule has 2 rings (SSSR count). The quantitative estimate of drug-likeness (QED) is 0.872. The van der Waals surface area contributed by atoms with Gasteiger partial charge >= 0.3 is 0 Å². The second-order valence-corrected chi connectivity index (χ2v) is 6.10. The number of β-amino-alcohol motifs (C(OH)–C–C–N with tert-alkyl or cyclic N) is 1. The molecule has 6 heteroatoms. The molecule has 0 amide bonds. The molecule has 2 heterocycles. The van der Waals surface area contributed by atoms with E-state index in [1.54, 1.807) is 18.3 Å². The van der Waals surface area contributed by atoms with Crippen LogP contribution in [0.15, 0.2) is 24.4 Å². The van der Waals surface area contributed by atoms with Crippen molar-refractivity contribution in [2.24, 2.45) is 0 Å². The van der Waals surface area contributed by atoms with E-state index in [-0.39, 0.29) is 18.0 Å². The van der Waals surface area contributed by atoms with Crippen molar-refractivity contribution in [1.82, 2.24) is 15.3 Å². The third kappa shape index (κ3) is 4.38. The van der Waals surface area contributed by atoms with E-state index in [4.69, 9.17) is 4.74 Å². The first kappa shape index (κ1) is 16.1. The lowest BCUT2D eigenvalue weighted by Gasteiger charge is -2.22. The minimum Gasteiger partial charge on any atom is -0.474 e. The van der Waals surface area contributed by atoms with Crippen molar-refractivity contribution in [2.75, 3.05) is 13.2 Å². The van der Waals surface area contributed by atoms with Crippen molar-refractivity contribution >= 4 is 11.0 Å². The number of aliphatic hydroxyl groups is 1. The van der Waals surface area contributed by atoms with Gasteiger partial charge in [0.15, 0.2) is 5.65 Å². The Bertz CT molecular complexity index is 689. The highest BCUT2D eigenvalue weighted by Gasteiger charge is 2.14. The SMILES string of the molecule is CC(C)(C)NC[C@H](O)COc1nc2ncccc2cc1C#N. The van der Waals surface area contributed by atoms with Gasteiger partial charge in [-0.3, -0.25) is 0 Å². The zero-order valence-electron chi connectivity index (χ0n) is 13.0. The van der Waals surface area contributed by atoms with Crippen LogP contribution in [-0.2, 0) is 0 Å². The van der Waals surface area contributed by atoms with Crippen molar-refractivity contribution in [3.05, 3.63) is 30.0 Å². The Morgan fingerprint density at radius 3 is 2.91 bits per heavy atom. The summed E-state index contributed by atoms with van der Waals surface area (Å²) in [5.41, 5.74) is 0.763. The number of hydrogen-bond donors (Lipinski definition) is 2. The molecule has 22 heavy (non-hydrogen) atoms. The molecule has 0 saturated heterocycles. The molecule has 0 aliphatic rings. The minimum absolute atomic E-state index is 0.0586. The van der Waals surface area contributed by atoms with Gasteiger partial charge in [0.2, 0.25) is 5.88 Å². The maximum absolute atomic E-state index is 9.94. The Kier molecular flexibility index (Phi) is 4.91. The molecule has 2 aromatic rings. The second-order valence-electron chi connectivity index (χ2n) is 6.10.